The fraction of sp³-hybridized carbons (Fsp3) is 0.133. The maximum absolute atomic E-state index is 5.55. The van der Waals surface area contributed by atoms with E-state index in [2.05, 4.69) is 15.1 Å². The van der Waals surface area contributed by atoms with Crippen LogP contribution in [-0.4, -0.2) is 15.1 Å². The third-order valence-electron chi connectivity index (χ3n) is 2.98. The quantitative estimate of drug-likeness (QED) is 0.744. The zero-order valence-electron chi connectivity index (χ0n) is 11.5. The Bertz CT molecular complexity index is 739. The third kappa shape index (κ3) is 3.22. The lowest BCUT2D eigenvalue weighted by Crippen LogP contribution is -1.88. The minimum atomic E-state index is 0.513. The molecule has 0 saturated heterocycles. The maximum Gasteiger partial charge on any atom is 0.237 e. The molecule has 2 N–H and O–H groups in total. The van der Waals surface area contributed by atoms with Crippen LogP contribution in [0.15, 0.2) is 52.0 Å². The molecule has 0 amide bonds. The number of aromatic nitrogens is 3. The predicted molar refractivity (Wildman–Crippen MR) is 82.7 cm³/mol. The van der Waals surface area contributed by atoms with Gasteiger partial charge in [-0.2, -0.15) is 4.98 Å². The van der Waals surface area contributed by atoms with E-state index in [0.29, 0.717) is 23.3 Å². The first-order valence-corrected chi connectivity index (χ1v) is 7.44. The summed E-state index contributed by atoms with van der Waals surface area (Å²) in [6, 6.07) is 11.7. The SMILES string of the molecule is Cc1ccccc1-c1noc(CSc2ccc(N)nc2)n1. The average Bonchev–Trinajstić information content (AvgIpc) is 2.96. The van der Waals surface area contributed by atoms with Gasteiger partial charge in [0.15, 0.2) is 0 Å². The Morgan fingerprint density at radius 1 is 1.19 bits per heavy atom. The summed E-state index contributed by atoms with van der Waals surface area (Å²) in [5.74, 6) is 2.33. The highest BCUT2D eigenvalue weighted by molar-refractivity contribution is 7.98. The first-order valence-electron chi connectivity index (χ1n) is 6.45. The van der Waals surface area contributed by atoms with Crippen molar-refractivity contribution in [2.45, 2.75) is 17.6 Å². The van der Waals surface area contributed by atoms with Gasteiger partial charge in [0.05, 0.1) is 5.75 Å². The molecular weight excluding hydrogens is 284 g/mol. The Morgan fingerprint density at radius 2 is 2.05 bits per heavy atom. The molecule has 0 saturated carbocycles. The molecule has 1 aromatic carbocycles. The van der Waals surface area contributed by atoms with Gasteiger partial charge in [-0.1, -0.05) is 29.4 Å². The largest absolute Gasteiger partial charge is 0.384 e. The summed E-state index contributed by atoms with van der Waals surface area (Å²) >= 11 is 1.58. The van der Waals surface area contributed by atoms with Gasteiger partial charge in [-0.05, 0) is 24.6 Å². The predicted octanol–water partition coefficient (Wildman–Crippen LogP) is 3.31. The molecule has 0 aliphatic rings. The van der Waals surface area contributed by atoms with Gasteiger partial charge in [-0.25, -0.2) is 4.98 Å². The number of benzene rings is 1. The number of anilines is 1. The second kappa shape index (κ2) is 5.97. The van der Waals surface area contributed by atoms with Crippen molar-refractivity contribution in [2.75, 3.05) is 5.73 Å². The van der Waals surface area contributed by atoms with Gasteiger partial charge >= 0.3 is 0 Å². The summed E-state index contributed by atoms with van der Waals surface area (Å²) < 4.78 is 5.29. The van der Waals surface area contributed by atoms with Gasteiger partial charge in [0.25, 0.3) is 0 Å². The minimum absolute atomic E-state index is 0.513. The molecule has 21 heavy (non-hydrogen) atoms. The first-order chi connectivity index (χ1) is 10.2. The van der Waals surface area contributed by atoms with E-state index in [1.165, 1.54) is 0 Å². The van der Waals surface area contributed by atoms with Crippen LogP contribution in [0.5, 0.6) is 0 Å². The van der Waals surface area contributed by atoms with E-state index in [9.17, 15) is 0 Å². The van der Waals surface area contributed by atoms with Crippen molar-refractivity contribution >= 4 is 17.6 Å². The number of pyridine rings is 1. The fourth-order valence-electron chi connectivity index (χ4n) is 1.87. The molecule has 6 heteroatoms. The number of nitrogens with zero attached hydrogens (tertiary/aromatic N) is 3. The number of hydrogen-bond donors (Lipinski definition) is 1. The Balaban J connectivity index is 1.71. The molecule has 0 aliphatic heterocycles. The molecule has 0 unspecified atom stereocenters. The smallest absolute Gasteiger partial charge is 0.237 e. The van der Waals surface area contributed by atoms with Crippen LogP contribution in [0, 0.1) is 6.92 Å². The van der Waals surface area contributed by atoms with E-state index in [-0.39, 0.29) is 0 Å². The summed E-state index contributed by atoms with van der Waals surface area (Å²) in [7, 11) is 0. The second-order valence-electron chi connectivity index (χ2n) is 4.53. The molecule has 3 rings (SSSR count). The highest BCUT2D eigenvalue weighted by Crippen LogP contribution is 2.24. The van der Waals surface area contributed by atoms with Gasteiger partial charge in [0.1, 0.15) is 5.82 Å². The maximum atomic E-state index is 5.55. The van der Waals surface area contributed by atoms with Crippen molar-refractivity contribution < 1.29 is 4.52 Å². The van der Waals surface area contributed by atoms with Crippen molar-refractivity contribution in [3.63, 3.8) is 0 Å². The summed E-state index contributed by atoms with van der Waals surface area (Å²) in [6.07, 6.45) is 1.73. The van der Waals surface area contributed by atoms with Crippen LogP contribution >= 0.6 is 11.8 Å². The van der Waals surface area contributed by atoms with Crippen LogP contribution in [-0.2, 0) is 5.75 Å². The molecule has 106 valence electrons. The topological polar surface area (TPSA) is 77.8 Å². The van der Waals surface area contributed by atoms with E-state index in [1.54, 1.807) is 24.0 Å². The monoisotopic (exact) mass is 298 g/mol. The van der Waals surface area contributed by atoms with E-state index >= 15 is 0 Å². The number of aryl methyl sites for hydroxylation is 1. The minimum Gasteiger partial charge on any atom is -0.384 e. The van der Waals surface area contributed by atoms with Gasteiger partial charge in [0.2, 0.25) is 11.7 Å². The van der Waals surface area contributed by atoms with E-state index in [0.717, 1.165) is 16.0 Å². The Labute approximate surface area is 126 Å². The molecular formula is C15H14N4OS. The highest BCUT2D eigenvalue weighted by atomic mass is 32.2. The number of nitrogens with two attached hydrogens (primary N) is 1. The summed E-state index contributed by atoms with van der Waals surface area (Å²) in [5.41, 5.74) is 7.67. The highest BCUT2D eigenvalue weighted by Gasteiger charge is 2.10. The first kappa shape index (κ1) is 13.6. The van der Waals surface area contributed by atoms with Crippen LogP contribution < -0.4 is 5.73 Å². The molecule has 3 aromatic rings. The molecule has 2 aromatic heterocycles. The molecule has 0 spiro atoms. The number of rotatable bonds is 4. The zero-order valence-corrected chi connectivity index (χ0v) is 12.3. The molecule has 0 radical (unpaired) electrons. The molecule has 0 bridgehead atoms. The van der Waals surface area contributed by atoms with E-state index < -0.39 is 0 Å². The summed E-state index contributed by atoms with van der Waals surface area (Å²) in [5, 5.41) is 4.04. The fourth-order valence-corrected chi connectivity index (χ4v) is 2.57. The summed E-state index contributed by atoms with van der Waals surface area (Å²) in [4.78, 5) is 9.49. The molecule has 0 fully saturated rings. The van der Waals surface area contributed by atoms with E-state index in [4.69, 9.17) is 10.3 Å². The normalized spacial score (nSPS) is 10.7. The van der Waals surface area contributed by atoms with Crippen molar-refractivity contribution in [1.82, 2.24) is 15.1 Å². The zero-order chi connectivity index (χ0) is 14.7. The van der Waals surface area contributed by atoms with Crippen molar-refractivity contribution in [1.29, 1.82) is 0 Å². The number of thioether (sulfide) groups is 1. The lowest BCUT2D eigenvalue weighted by Gasteiger charge is -1.98. The number of hydrogen-bond acceptors (Lipinski definition) is 6. The van der Waals surface area contributed by atoms with Crippen LogP contribution in [0.3, 0.4) is 0 Å². The Morgan fingerprint density at radius 3 is 2.81 bits per heavy atom. The van der Waals surface area contributed by atoms with Gasteiger partial charge < -0.3 is 10.3 Å². The lowest BCUT2D eigenvalue weighted by atomic mass is 10.1. The lowest BCUT2D eigenvalue weighted by molar-refractivity contribution is 0.391. The van der Waals surface area contributed by atoms with Gasteiger partial charge in [0, 0.05) is 16.7 Å². The Kier molecular flexibility index (Phi) is 3.87. The summed E-state index contributed by atoms with van der Waals surface area (Å²) in [6.45, 7) is 2.03. The second-order valence-corrected chi connectivity index (χ2v) is 5.58. The van der Waals surface area contributed by atoms with Crippen molar-refractivity contribution in [2.24, 2.45) is 0 Å². The standard InChI is InChI=1S/C15H14N4OS/c1-10-4-2-3-5-12(10)15-18-14(20-19-15)9-21-11-6-7-13(16)17-8-11/h2-8H,9H2,1H3,(H2,16,17). The van der Waals surface area contributed by atoms with Gasteiger partial charge in [-0.15, -0.1) is 11.8 Å². The molecule has 5 nitrogen and oxygen atoms in total. The number of nitrogen functional groups attached to an aromatic ring is 1. The third-order valence-corrected chi connectivity index (χ3v) is 3.94. The van der Waals surface area contributed by atoms with Crippen LogP contribution in [0.4, 0.5) is 5.82 Å². The van der Waals surface area contributed by atoms with Gasteiger partial charge in [-0.3, -0.25) is 0 Å². The van der Waals surface area contributed by atoms with Crippen LogP contribution in [0.1, 0.15) is 11.5 Å². The van der Waals surface area contributed by atoms with Crippen molar-refractivity contribution in [3.8, 4) is 11.4 Å². The van der Waals surface area contributed by atoms with Crippen molar-refractivity contribution in [3.05, 3.63) is 54.0 Å². The molecule has 0 atom stereocenters. The molecule has 2 heterocycles. The van der Waals surface area contributed by atoms with Crippen LogP contribution in [0.2, 0.25) is 0 Å². The van der Waals surface area contributed by atoms with E-state index in [1.807, 2.05) is 37.3 Å². The molecule has 0 aliphatic carbocycles. The Hall–Kier alpha value is -2.34. The van der Waals surface area contributed by atoms with Crippen LogP contribution in [0.25, 0.3) is 11.4 Å². The average molecular weight is 298 g/mol.